The van der Waals surface area contributed by atoms with E-state index in [1.165, 1.54) is 0 Å². The van der Waals surface area contributed by atoms with E-state index in [1.54, 1.807) is 4.90 Å². The SMILES string of the molecule is O=C(NCCCN1CCCCCC1=O)NC[C@H](O)C(F)(F)F. The number of halogens is 3. The van der Waals surface area contributed by atoms with Crippen molar-refractivity contribution in [3.8, 4) is 0 Å². The van der Waals surface area contributed by atoms with Gasteiger partial charge in [-0.15, -0.1) is 0 Å². The monoisotopic (exact) mass is 325 g/mol. The molecular formula is C13H22F3N3O3. The predicted octanol–water partition coefficient (Wildman–Crippen LogP) is 1.00. The Kier molecular flexibility index (Phi) is 7.43. The quantitative estimate of drug-likeness (QED) is 0.637. The topological polar surface area (TPSA) is 81.7 Å². The highest BCUT2D eigenvalue weighted by molar-refractivity contribution is 5.76. The summed E-state index contributed by atoms with van der Waals surface area (Å²) in [7, 11) is 0. The summed E-state index contributed by atoms with van der Waals surface area (Å²) in [6.45, 7) is 0.588. The third-order valence-electron chi connectivity index (χ3n) is 3.40. The van der Waals surface area contributed by atoms with Crippen LogP contribution < -0.4 is 10.6 Å². The molecule has 1 fully saturated rings. The van der Waals surface area contributed by atoms with E-state index in [9.17, 15) is 22.8 Å². The number of hydrogen-bond acceptors (Lipinski definition) is 3. The van der Waals surface area contributed by atoms with Crippen molar-refractivity contribution in [1.82, 2.24) is 15.5 Å². The number of likely N-dealkylation sites (tertiary alicyclic amines) is 1. The lowest BCUT2D eigenvalue weighted by Crippen LogP contribution is -2.45. The molecule has 0 aromatic carbocycles. The average molecular weight is 325 g/mol. The second kappa shape index (κ2) is 8.82. The summed E-state index contributed by atoms with van der Waals surface area (Å²) in [5.41, 5.74) is 0. The summed E-state index contributed by atoms with van der Waals surface area (Å²) < 4.78 is 36.1. The minimum Gasteiger partial charge on any atom is -0.382 e. The molecular weight excluding hydrogens is 303 g/mol. The minimum atomic E-state index is -4.75. The first kappa shape index (κ1) is 18.5. The lowest BCUT2D eigenvalue weighted by atomic mass is 10.2. The van der Waals surface area contributed by atoms with E-state index in [0.29, 0.717) is 25.9 Å². The van der Waals surface area contributed by atoms with Gasteiger partial charge in [-0.25, -0.2) is 4.79 Å². The summed E-state index contributed by atoms with van der Waals surface area (Å²) in [5.74, 6) is 0.107. The van der Waals surface area contributed by atoms with Gasteiger partial charge in [0.1, 0.15) is 0 Å². The second-order valence-corrected chi connectivity index (χ2v) is 5.24. The molecule has 0 unspecified atom stereocenters. The van der Waals surface area contributed by atoms with Crippen LogP contribution in [0, 0.1) is 0 Å². The maximum absolute atomic E-state index is 12.0. The van der Waals surface area contributed by atoms with Crippen LogP contribution in [-0.2, 0) is 4.79 Å². The Hall–Kier alpha value is -1.51. The Morgan fingerprint density at radius 2 is 2.00 bits per heavy atom. The van der Waals surface area contributed by atoms with Crippen LogP contribution in [0.4, 0.5) is 18.0 Å². The normalized spacial score (nSPS) is 17.8. The molecule has 0 aromatic heterocycles. The van der Waals surface area contributed by atoms with Crippen molar-refractivity contribution in [2.75, 3.05) is 26.2 Å². The van der Waals surface area contributed by atoms with E-state index in [0.717, 1.165) is 19.3 Å². The Labute approximate surface area is 127 Å². The molecule has 0 radical (unpaired) electrons. The summed E-state index contributed by atoms with van der Waals surface area (Å²) in [6.07, 6.45) is -3.35. The van der Waals surface area contributed by atoms with Gasteiger partial charge in [0.05, 0.1) is 6.54 Å². The number of urea groups is 1. The van der Waals surface area contributed by atoms with E-state index in [2.05, 4.69) is 5.32 Å². The number of amides is 3. The van der Waals surface area contributed by atoms with Crippen LogP contribution in [0.15, 0.2) is 0 Å². The molecule has 128 valence electrons. The number of nitrogens with zero attached hydrogens (tertiary/aromatic N) is 1. The first-order valence-corrected chi connectivity index (χ1v) is 7.35. The fourth-order valence-electron chi connectivity index (χ4n) is 2.11. The fraction of sp³-hybridized carbons (Fsp3) is 0.846. The lowest BCUT2D eigenvalue weighted by Gasteiger charge is -2.20. The molecule has 0 aromatic rings. The molecule has 1 heterocycles. The highest BCUT2D eigenvalue weighted by atomic mass is 19.4. The van der Waals surface area contributed by atoms with Crippen molar-refractivity contribution in [3.63, 3.8) is 0 Å². The molecule has 1 atom stereocenters. The molecule has 1 rings (SSSR count). The number of rotatable bonds is 6. The third-order valence-corrected chi connectivity index (χ3v) is 3.40. The van der Waals surface area contributed by atoms with Crippen LogP contribution in [0.1, 0.15) is 32.1 Å². The average Bonchev–Trinajstić information content (AvgIpc) is 2.64. The van der Waals surface area contributed by atoms with Gasteiger partial charge in [0.15, 0.2) is 6.10 Å². The van der Waals surface area contributed by atoms with Crippen molar-refractivity contribution in [2.24, 2.45) is 0 Å². The van der Waals surface area contributed by atoms with E-state index >= 15 is 0 Å². The molecule has 1 saturated heterocycles. The van der Waals surface area contributed by atoms with E-state index in [-0.39, 0.29) is 12.5 Å². The van der Waals surface area contributed by atoms with E-state index < -0.39 is 24.9 Å². The largest absolute Gasteiger partial charge is 0.416 e. The number of aliphatic hydroxyl groups excluding tert-OH is 1. The van der Waals surface area contributed by atoms with Crippen LogP contribution in [0.2, 0.25) is 0 Å². The molecule has 6 nitrogen and oxygen atoms in total. The van der Waals surface area contributed by atoms with Crippen molar-refractivity contribution in [2.45, 2.75) is 44.4 Å². The fourth-order valence-corrected chi connectivity index (χ4v) is 2.11. The first-order chi connectivity index (χ1) is 10.3. The van der Waals surface area contributed by atoms with Crippen LogP contribution in [0.5, 0.6) is 0 Å². The standard InChI is InChI=1S/C13H22F3N3O3/c14-13(15,16)10(20)9-18-12(22)17-6-4-8-19-7-3-1-2-5-11(19)21/h10,20H,1-9H2,(H2,17,18,22)/t10-/m0/s1. The zero-order chi connectivity index (χ0) is 16.6. The summed E-state index contributed by atoms with van der Waals surface area (Å²) in [6, 6.07) is -0.773. The Morgan fingerprint density at radius 1 is 1.27 bits per heavy atom. The predicted molar refractivity (Wildman–Crippen MR) is 73.1 cm³/mol. The van der Waals surface area contributed by atoms with Gasteiger partial charge < -0.3 is 20.6 Å². The molecule has 0 saturated carbocycles. The Bertz CT molecular complexity index is 377. The Balaban J connectivity index is 2.13. The van der Waals surface area contributed by atoms with Gasteiger partial charge in [-0.3, -0.25) is 4.79 Å². The van der Waals surface area contributed by atoms with Crippen molar-refractivity contribution < 1.29 is 27.9 Å². The van der Waals surface area contributed by atoms with Gasteiger partial charge in [0, 0.05) is 26.1 Å². The third kappa shape index (κ3) is 6.97. The molecule has 3 N–H and O–H groups in total. The zero-order valence-electron chi connectivity index (χ0n) is 12.3. The number of carbonyl (C=O) groups excluding carboxylic acids is 2. The van der Waals surface area contributed by atoms with E-state index in [4.69, 9.17) is 5.11 Å². The highest BCUT2D eigenvalue weighted by Gasteiger charge is 2.38. The lowest BCUT2D eigenvalue weighted by molar-refractivity contribution is -0.201. The Morgan fingerprint density at radius 3 is 2.68 bits per heavy atom. The van der Waals surface area contributed by atoms with Crippen molar-refractivity contribution in [3.05, 3.63) is 0 Å². The summed E-state index contributed by atoms with van der Waals surface area (Å²) >= 11 is 0. The molecule has 9 heteroatoms. The minimum absolute atomic E-state index is 0.107. The van der Waals surface area contributed by atoms with Crippen LogP contribution in [0.3, 0.4) is 0 Å². The summed E-state index contributed by atoms with van der Waals surface area (Å²) in [5, 5.41) is 13.1. The summed E-state index contributed by atoms with van der Waals surface area (Å²) in [4.78, 5) is 24.7. The van der Waals surface area contributed by atoms with Crippen LogP contribution >= 0.6 is 0 Å². The molecule has 1 aliphatic heterocycles. The maximum atomic E-state index is 12.0. The molecule has 0 aliphatic carbocycles. The van der Waals surface area contributed by atoms with Crippen LogP contribution in [-0.4, -0.2) is 60.4 Å². The molecule has 0 spiro atoms. The first-order valence-electron chi connectivity index (χ1n) is 7.35. The van der Waals surface area contributed by atoms with Gasteiger partial charge in [-0.05, 0) is 19.3 Å². The number of carbonyl (C=O) groups is 2. The zero-order valence-corrected chi connectivity index (χ0v) is 12.3. The van der Waals surface area contributed by atoms with E-state index in [1.807, 2.05) is 5.32 Å². The van der Waals surface area contributed by atoms with Gasteiger partial charge in [-0.1, -0.05) is 6.42 Å². The number of alkyl halides is 3. The number of nitrogens with one attached hydrogen (secondary N) is 2. The number of hydrogen-bond donors (Lipinski definition) is 3. The molecule has 3 amide bonds. The highest BCUT2D eigenvalue weighted by Crippen LogP contribution is 2.19. The smallest absolute Gasteiger partial charge is 0.382 e. The van der Waals surface area contributed by atoms with Crippen LogP contribution in [0.25, 0.3) is 0 Å². The molecule has 0 bridgehead atoms. The molecule has 22 heavy (non-hydrogen) atoms. The van der Waals surface area contributed by atoms with Gasteiger partial charge in [0.2, 0.25) is 5.91 Å². The second-order valence-electron chi connectivity index (χ2n) is 5.24. The van der Waals surface area contributed by atoms with Crippen molar-refractivity contribution >= 4 is 11.9 Å². The van der Waals surface area contributed by atoms with Crippen molar-refractivity contribution in [1.29, 1.82) is 0 Å². The van der Waals surface area contributed by atoms with Gasteiger partial charge >= 0.3 is 12.2 Å². The van der Waals surface area contributed by atoms with Gasteiger partial charge in [-0.2, -0.15) is 13.2 Å². The maximum Gasteiger partial charge on any atom is 0.416 e. The number of aliphatic hydroxyl groups is 1. The molecule has 1 aliphatic rings. The van der Waals surface area contributed by atoms with Gasteiger partial charge in [0.25, 0.3) is 0 Å².